The maximum atomic E-state index is 4.26. The number of nitrogens with one attached hydrogen (secondary N) is 3. The zero-order valence-corrected chi connectivity index (χ0v) is 17.5. The molecule has 144 valence electrons. The minimum atomic E-state index is 0. The highest BCUT2D eigenvalue weighted by Crippen LogP contribution is 2.15. The molecule has 4 rings (SSSR count). The monoisotopic (exact) mass is 489 g/mol. The Morgan fingerprint density at radius 3 is 2.82 bits per heavy atom. The van der Waals surface area contributed by atoms with Crippen molar-refractivity contribution in [2.75, 3.05) is 7.05 Å². The van der Waals surface area contributed by atoms with Crippen LogP contribution in [-0.4, -0.2) is 42.8 Å². The second kappa shape index (κ2) is 9.26. The number of nitrogens with zero attached hydrogens (tertiary/aromatic N) is 6. The van der Waals surface area contributed by atoms with Crippen molar-refractivity contribution in [1.29, 1.82) is 0 Å². The van der Waals surface area contributed by atoms with Crippen molar-refractivity contribution in [3.05, 3.63) is 66.4 Å². The predicted octanol–water partition coefficient (Wildman–Crippen LogP) is 2.00. The molecule has 0 bridgehead atoms. The third kappa shape index (κ3) is 4.44. The van der Waals surface area contributed by atoms with Crippen molar-refractivity contribution < 1.29 is 0 Å². The van der Waals surface area contributed by atoms with Crippen LogP contribution in [0, 0.1) is 0 Å². The lowest BCUT2D eigenvalue weighted by atomic mass is 10.1. The molecule has 4 aromatic rings. The first-order chi connectivity index (χ1) is 13.3. The normalized spacial score (nSPS) is 11.2. The van der Waals surface area contributed by atoms with Gasteiger partial charge in [-0.3, -0.25) is 14.5 Å². The van der Waals surface area contributed by atoms with Crippen molar-refractivity contribution >= 4 is 35.6 Å². The van der Waals surface area contributed by atoms with Gasteiger partial charge in [0, 0.05) is 25.4 Å². The molecule has 3 N–H and O–H groups in total. The molecule has 1 aromatic carbocycles. The summed E-state index contributed by atoms with van der Waals surface area (Å²) >= 11 is 0. The van der Waals surface area contributed by atoms with E-state index in [1.807, 2.05) is 47.0 Å². The summed E-state index contributed by atoms with van der Waals surface area (Å²) in [4.78, 5) is 8.45. The maximum Gasteiger partial charge on any atom is 0.191 e. The largest absolute Gasteiger partial charge is 0.352 e. The average Bonchev–Trinajstić information content (AvgIpc) is 3.39. The number of halogens is 1. The Labute approximate surface area is 178 Å². The van der Waals surface area contributed by atoms with E-state index in [1.54, 1.807) is 7.05 Å². The fourth-order valence-corrected chi connectivity index (χ4v) is 2.75. The Balaban J connectivity index is 0.00000225. The molecule has 0 spiro atoms. The number of fused-ring (bicyclic) bond motifs is 1. The van der Waals surface area contributed by atoms with Crippen LogP contribution in [0.5, 0.6) is 0 Å². The molecular weight excluding hydrogens is 469 g/mol. The van der Waals surface area contributed by atoms with Crippen molar-refractivity contribution in [1.82, 2.24) is 40.4 Å². The van der Waals surface area contributed by atoms with Gasteiger partial charge >= 0.3 is 0 Å². The molecule has 0 saturated carbocycles. The number of aromatic nitrogens is 6. The standard InChI is InChI=1S/C18H19N9.HI/c1-19-18(21-11-16-25-24-15-7-2-3-8-27(15)16)20-10-13-5-4-6-14(9-13)17-22-12-23-26-17;/h2-9,12H,10-11H2,1H3,(H2,19,20,21)(H,22,23,26);1H. The minimum absolute atomic E-state index is 0. The minimum Gasteiger partial charge on any atom is -0.352 e. The second-order valence-corrected chi connectivity index (χ2v) is 5.86. The number of H-pyrrole nitrogens is 1. The highest BCUT2D eigenvalue weighted by Gasteiger charge is 2.06. The molecule has 3 aromatic heterocycles. The molecule has 0 atom stereocenters. The smallest absolute Gasteiger partial charge is 0.191 e. The van der Waals surface area contributed by atoms with Crippen LogP contribution in [0.3, 0.4) is 0 Å². The van der Waals surface area contributed by atoms with E-state index in [1.165, 1.54) is 6.33 Å². The van der Waals surface area contributed by atoms with Gasteiger partial charge in [-0.1, -0.05) is 24.3 Å². The lowest BCUT2D eigenvalue weighted by Gasteiger charge is -2.11. The highest BCUT2D eigenvalue weighted by molar-refractivity contribution is 14.0. The number of benzene rings is 1. The topological polar surface area (TPSA) is 108 Å². The number of pyridine rings is 1. The number of guanidine groups is 1. The van der Waals surface area contributed by atoms with E-state index in [9.17, 15) is 0 Å². The van der Waals surface area contributed by atoms with Gasteiger partial charge in [-0.25, -0.2) is 4.98 Å². The zero-order valence-electron chi connectivity index (χ0n) is 15.2. The third-order valence-corrected chi connectivity index (χ3v) is 4.10. The fourth-order valence-electron chi connectivity index (χ4n) is 2.75. The summed E-state index contributed by atoms with van der Waals surface area (Å²) in [7, 11) is 1.74. The SMILES string of the molecule is CN=C(NCc1cccc(-c2ncn[nH]2)c1)NCc1nnc2ccccn12.I. The highest BCUT2D eigenvalue weighted by atomic mass is 127. The molecule has 0 radical (unpaired) electrons. The van der Waals surface area contributed by atoms with Gasteiger partial charge in [0.05, 0.1) is 6.54 Å². The Kier molecular flexibility index (Phi) is 6.53. The Morgan fingerprint density at radius 2 is 2.00 bits per heavy atom. The number of hydrogen-bond acceptors (Lipinski definition) is 5. The summed E-state index contributed by atoms with van der Waals surface area (Å²) in [6.07, 6.45) is 3.44. The van der Waals surface area contributed by atoms with Gasteiger partial charge in [-0.15, -0.1) is 34.2 Å². The summed E-state index contributed by atoms with van der Waals surface area (Å²) in [5.74, 6) is 2.26. The summed E-state index contributed by atoms with van der Waals surface area (Å²) in [5.41, 5.74) is 2.92. The maximum absolute atomic E-state index is 4.26. The molecule has 0 unspecified atom stereocenters. The number of hydrogen-bond donors (Lipinski definition) is 3. The Morgan fingerprint density at radius 1 is 1.11 bits per heavy atom. The average molecular weight is 489 g/mol. The molecule has 0 aliphatic heterocycles. The van der Waals surface area contributed by atoms with Crippen LogP contribution in [0.1, 0.15) is 11.4 Å². The number of aliphatic imine (C=N–C) groups is 1. The van der Waals surface area contributed by atoms with E-state index in [0.717, 1.165) is 28.4 Å². The van der Waals surface area contributed by atoms with E-state index in [4.69, 9.17) is 0 Å². The lowest BCUT2D eigenvalue weighted by molar-refractivity contribution is 0.762. The Bertz CT molecular complexity index is 1060. The lowest BCUT2D eigenvalue weighted by Crippen LogP contribution is -2.36. The van der Waals surface area contributed by atoms with Gasteiger partial charge in [0.2, 0.25) is 0 Å². The fraction of sp³-hybridized carbons (Fsp3) is 0.167. The van der Waals surface area contributed by atoms with Gasteiger partial charge in [-0.2, -0.15) is 5.10 Å². The van der Waals surface area contributed by atoms with Crippen molar-refractivity contribution in [3.8, 4) is 11.4 Å². The van der Waals surface area contributed by atoms with Gasteiger partial charge in [-0.05, 0) is 23.8 Å². The van der Waals surface area contributed by atoms with Crippen molar-refractivity contribution in [3.63, 3.8) is 0 Å². The van der Waals surface area contributed by atoms with Gasteiger partial charge < -0.3 is 10.6 Å². The quantitative estimate of drug-likeness (QED) is 0.225. The van der Waals surface area contributed by atoms with Crippen LogP contribution < -0.4 is 10.6 Å². The van der Waals surface area contributed by atoms with E-state index < -0.39 is 0 Å². The van der Waals surface area contributed by atoms with Crippen molar-refractivity contribution in [2.45, 2.75) is 13.1 Å². The van der Waals surface area contributed by atoms with E-state index >= 15 is 0 Å². The summed E-state index contributed by atoms with van der Waals surface area (Å²) in [5, 5.41) is 21.7. The number of rotatable bonds is 5. The molecule has 28 heavy (non-hydrogen) atoms. The molecule has 0 aliphatic rings. The Hall–Kier alpha value is -3.02. The summed E-state index contributed by atoms with van der Waals surface area (Å²) in [6, 6.07) is 13.9. The molecule has 0 fully saturated rings. The van der Waals surface area contributed by atoms with Crippen LogP contribution in [0.15, 0.2) is 60.0 Å². The predicted molar refractivity (Wildman–Crippen MR) is 117 cm³/mol. The van der Waals surface area contributed by atoms with E-state index in [2.05, 4.69) is 47.1 Å². The van der Waals surface area contributed by atoms with Crippen LogP contribution in [0.25, 0.3) is 17.0 Å². The third-order valence-electron chi connectivity index (χ3n) is 4.10. The molecule has 0 amide bonds. The van der Waals surface area contributed by atoms with Gasteiger partial charge in [0.15, 0.2) is 23.3 Å². The summed E-state index contributed by atoms with van der Waals surface area (Å²) in [6.45, 7) is 1.14. The second-order valence-electron chi connectivity index (χ2n) is 5.86. The molecule has 0 saturated heterocycles. The first kappa shape index (κ1) is 19.7. The van der Waals surface area contributed by atoms with Crippen LogP contribution in [0.2, 0.25) is 0 Å². The van der Waals surface area contributed by atoms with Crippen LogP contribution in [-0.2, 0) is 13.1 Å². The molecule has 0 aliphatic carbocycles. The molecule has 10 heteroatoms. The van der Waals surface area contributed by atoms with Crippen LogP contribution in [0.4, 0.5) is 0 Å². The van der Waals surface area contributed by atoms with Crippen LogP contribution >= 0.6 is 24.0 Å². The summed E-state index contributed by atoms with van der Waals surface area (Å²) < 4.78 is 1.95. The zero-order chi connectivity index (χ0) is 18.5. The van der Waals surface area contributed by atoms with Crippen molar-refractivity contribution in [2.24, 2.45) is 4.99 Å². The van der Waals surface area contributed by atoms with E-state index in [-0.39, 0.29) is 24.0 Å². The van der Waals surface area contributed by atoms with Gasteiger partial charge in [0.25, 0.3) is 0 Å². The first-order valence-corrected chi connectivity index (χ1v) is 8.51. The van der Waals surface area contributed by atoms with Gasteiger partial charge in [0.1, 0.15) is 6.33 Å². The molecular formula is C18H20IN9. The molecule has 9 nitrogen and oxygen atoms in total. The number of aromatic amines is 1. The first-order valence-electron chi connectivity index (χ1n) is 8.51. The molecule has 3 heterocycles. The van der Waals surface area contributed by atoms with E-state index in [0.29, 0.717) is 19.0 Å².